The van der Waals surface area contributed by atoms with E-state index in [2.05, 4.69) is 14.7 Å². The van der Waals surface area contributed by atoms with E-state index in [1.807, 2.05) is 11.9 Å². The van der Waals surface area contributed by atoms with Crippen LogP contribution in [0.5, 0.6) is 5.75 Å². The van der Waals surface area contributed by atoms with Crippen molar-refractivity contribution in [3.05, 3.63) is 41.3 Å². The minimum atomic E-state index is -2.97. The number of benzene rings is 1. The van der Waals surface area contributed by atoms with E-state index in [0.717, 1.165) is 0 Å². The minimum absolute atomic E-state index is 0.0852. The van der Waals surface area contributed by atoms with Crippen LogP contribution in [0.3, 0.4) is 0 Å². The number of ether oxygens (including phenoxy) is 2. The number of nitrogens with zero attached hydrogens (tertiary/aromatic N) is 3. The van der Waals surface area contributed by atoms with Gasteiger partial charge in [-0.1, -0.05) is 17.7 Å². The van der Waals surface area contributed by atoms with Crippen molar-refractivity contribution in [3.63, 3.8) is 0 Å². The van der Waals surface area contributed by atoms with Gasteiger partial charge in [0.15, 0.2) is 0 Å². The molecular weight excluding hydrogens is 368 g/mol. The van der Waals surface area contributed by atoms with Gasteiger partial charge in [0.05, 0.1) is 22.6 Å². The lowest BCUT2D eigenvalue weighted by atomic mass is 10.1. The summed E-state index contributed by atoms with van der Waals surface area (Å²) < 4.78 is 34.2. The molecule has 140 valence electrons. The lowest BCUT2D eigenvalue weighted by molar-refractivity contribution is -0.133. The molecule has 0 aliphatic heterocycles. The first-order chi connectivity index (χ1) is 12.4. The van der Waals surface area contributed by atoms with Crippen molar-refractivity contribution in [2.45, 2.75) is 26.2 Å². The quantitative estimate of drug-likeness (QED) is 0.616. The Kier molecular flexibility index (Phi) is 7.23. The molecule has 0 amide bonds. The van der Waals surface area contributed by atoms with E-state index in [1.165, 1.54) is 18.3 Å². The average molecular weight is 386 g/mol. The summed E-state index contributed by atoms with van der Waals surface area (Å²) in [5.41, 5.74) is 1.73. The van der Waals surface area contributed by atoms with Crippen LogP contribution in [0.1, 0.15) is 12.6 Å². The maximum atomic E-state index is 12.5. The highest BCUT2D eigenvalue weighted by atomic mass is 35.5. The van der Waals surface area contributed by atoms with E-state index in [-0.39, 0.29) is 16.9 Å². The number of likely N-dealkylation sites (N-methyl/N-ethyl adjacent to an activating group) is 1. The molecule has 26 heavy (non-hydrogen) atoms. The number of hydrogen-bond acceptors (Lipinski definition) is 6. The summed E-state index contributed by atoms with van der Waals surface area (Å²) >= 11 is 5.86. The topological polar surface area (TPSA) is 64.6 Å². The monoisotopic (exact) mass is 385 g/mol. The first-order valence-electron chi connectivity index (χ1n) is 7.72. The van der Waals surface area contributed by atoms with Crippen LogP contribution in [0.4, 0.5) is 8.78 Å². The largest absolute Gasteiger partial charge is 0.464 e. The Hall–Kier alpha value is -2.32. The standard InChI is InChI=1S/C17H18ClF2N3O3/c1-11(25-10-24)8-23(2)9-13-6-21-7-15(22-13)12-3-4-14(18)16(5-12)26-17(19)20/h3-7,10-11,17H,8-9H2,1-2H3. The summed E-state index contributed by atoms with van der Waals surface area (Å²) in [4.78, 5) is 20.9. The van der Waals surface area contributed by atoms with Gasteiger partial charge in [-0.2, -0.15) is 8.78 Å². The fourth-order valence-corrected chi connectivity index (χ4v) is 2.55. The number of carbonyl (C=O) groups is 1. The molecule has 1 heterocycles. The van der Waals surface area contributed by atoms with E-state index >= 15 is 0 Å². The summed E-state index contributed by atoms with van der Waals surface area (Å²) in [6.45, 7) is 0.229. The minimum Gasteiger partial charge on any atom is -0.464 e. The molecule has 1 atom stereocenters. The average Bonchev–Trinajstić information content (AvgIpc) is 2.56. The van der Waals surface area contributed by atoms with Crippen molar-refractivity contribution in [1.29, 1.82) is 0 Å². The maximum absolute atomic E-state index is 12.5. The molecule has 6 nitrogen and oxygen atoms in total. The van der Waals surface area contributed by atoms with Gasteiger partial charge in [-0.15, -0.1) is 0 Å². The molecule has 0 saturated carbocycles. The Morgan fingerprint density at radius 3 is 2.81 bits per heavy atom. The molecule has 0 bridgehead atoms. The Balaban J connectivity index is 2.15. The van der Waals surface area contributed by atoms with Crippen LogP contribution in [-0.4, -0.2) is 47.6 Å². The third-order valence-corrected chi connectivity index (χ3v) is 3.73. The van der Waals surface area contributed by atoms with Gasteiger partial charge in [0, 0.05) is 24.8 Å². The van der Waals surface area contributed by atoms with Crippen molar-refractivity contribution in [2.24, 2.45) is 0 Å². The summed E-state index contributed by atoms with van der Waals surface area (Å²) in [7, 11) is 1.86. The van der Waals surface area contributed by atoms with Crippen molar-refractivity contribution in [3.8, 4) is 17.0 Å². The molecule has 2 aromatic rings. The number of halogens is 3. The number of rotatable bonds is 9. The SMILES string of the molecule is CC(CN(C)Cc1cncc(-c2ccc(Cl)c(OC(F)F)c2)n1)OC=O. The fraction of sp³-hybridized carbons (Fsp3) is 0.353. The molecule has 1 aromatic carbocycles. The Morgan fingerprint density at radius 2 is 2.12 bits per heavy atom. The zero-order chi connectivity index (χ0) is 19.1. The Labute approximate surface area is 154 Å². The predicted octanol–water partition coefficient (Wildman–Crippen LogP) is 3.39. The molecule has 0 aliphatic carbocycles. The molecule has 0 N–H and O–H groups in total. The predicted molar refractivity (Wildman–Crippen MR) is 92.1 cm³/mol. The van der Waals surface area contributed by atoms with E-state index < -0.39 is 6.61 Å². The highest BCUT2D eigenvalue weighted by Gasteiger charge is 2.12. The van der Waals surface area contributed by atoms with Gasteiger partial charge in [0.2, 0.25) is 0 Å². The molecule has 1 aromatic heterocycles. The van der Waals surface area contributed by atoms with Crippen LogP contribution in [-0.2, 0) is 16.1 Å². The van der Waals surface area contributed by atoms with Gasteiger partial charge < -0.3 is 9.47 Å². The molecule has 0 fully saturated rings. The van der Waals surface area contributed by atoms with Crippen molar-refractivity contribution in [2.75, 3.05) is 13.6 Å². The second-order valence-corrected chi connectivity index (χ2v) is 6.07. The lowest BCUT2D eigenvalue weighted by Crippen LogP contribution is -2.29. The van der Waals surface area contributed by atoms with Crippen LogP contribution in [0, 0.1) is 0 Å². The van der Waals surface area contributed by atoms with Gasteiger partial charge in [-0.3, -0.25) is 14.7 Å². The third kappa shape index (κ3) is 5.89. The van der Waals surface area contributed by atoms with Crippen LogP contribution < -0.4 is 4.74 Å². The highest BCUT2D eigenvalue weighted by Crippen LogP contribution is 2.30. The molecular formula is C17H18ClF2N3O3. The molecule has 9 heteroatoms. The third-order valence-electron chi connectivity index (χ3n) is 3.42. The van der Waals surface area contributed by atoms with Gasteiger partial charge in [-0.05, 0) is 26.1 Å². The zero-order valence-electron chi connectivity index (χ0n) is 14.2. The summed E-state index contributed by atoms with van der Waals surface area (Å²) in [5.74, 6) is -0.122. The molecule has 2 rings (SSSR count). The molecule has 0 radical (unpaired) electrons. The van der Waals surface area contributed by atoms with Gasteiger partial charge in [0.25, 0.3) is 6.47 Å². The Morgan fingerprint density at radius 1 is 1.35 bits per heavy atom. The zero-order valence-corrected chi connectivity index (χ0v) is 15.0. The number of hydrogen-bond donors (Lipinski definition) is 0. The van der Waals surface area contributed by atoms with Gasteiger partial charge >= 0.3 is 6.61 Å². The molecule has 1 unspecified atom stereocenters. The number of aromatic nitrogens is 2. The van der Waals surface area contributed by atoms with Crippen molar-refractivity contribution < 1.29 is 23.0 Å². The van der Waals surface area contributed by atoms with E-state index in [4.69, 9.17) is 16.3 Å². The number of alkyl halides is 2. The second kappa shape index (κ2) is 9.40. The van der Waals surface area contributed by atoms with E-state index in [1.54, 1.807) is 19.2 Å². The lowest BCUT2D eigenvalue weighted by Gasteiger charge is -2.19. The smallest absolute Gasteiger partial charge is 0.387 e. The first kappa shape index (κ1) is 20.0. The summed E-state index contributed by atoms with van der Waals surface area (Å²) in [6, 6.07) is 4.51. The van der Waals surface area contributed by atoms with Gasteiger partial charge in [0.1, 0.15) is 11.9 Å². The van der Waals surface area contributed by atoms with Crippen LogP contribution in [0.25, 0.3) is 11.3 Å². The molecule has 0 aliphatic rings. The number of carbonyl (C=O) groups excluding carboxylic acids is 1. The maximum Gasteiger partial charge on any atom is 0.387 e. The fourth-order valence-electron chi connectivity index (χ4n) is 2.39. The normalized spacial score (nSPS) is 12.3. The first-order valence-corrected chi connectivity index (χ1v) is 8.10. The highest BCUT2D eigenvalue weighted by molar-refractivity contribution is 6.32. The van der Waals surface area contributed by atoms with Crippen LogP contribution in [0.15, 0.2) is 30.6 Å². The van der Waals surface area contributed by atoms with E-state index in [9.17, 15) is 13.6 Å². The second-order valence-electron chi connectivity index (χ2n) is 5.66. The van der Waals surface area contributed by atoms with E-state index in [0.29, 0.717) is 36.5 Å². The van der Waals surface area contributed by atoms with Crippen LogP contribution in [0.2, 0.25) is 5.02 Å². The van der Waals surface area contributed by atoms with Crippen LogP contribution >= 0.6 is 11.6 Å². The summed E-state index contributed by atoms with van der Waals surface area (Å²) in [6.07, 6.45) is 2.88. The van der Waals surface area contributed by atoms with Crippen molar-refractivity contribution >= 4 is 18.1 Å². The van der Waals surface area contributed by atoms with Gasteiger partial charge in [-0.25, -0.2) is 4.98 Å². The summed E-state index contributed by atoms with van der Waals surface area (Å²) in [5, 5.41) is 0.0852. The van der Waals surface area contributed by atoms with Crippen molar-refractivity contribution in [1.82, 2.24) is 14.9 Å². The molecule has 0 saturated heterocycles. The Bertz CT molecular complexity index is 749. The molecule has 0 spiro atoms.